The van der Waals surface area contributed by atoms with E-state index in [1.54, 1.807) is 36.1 Å². The molecule has 1 aliphatic heterocycles. The zero-order chi connectivity index (χ0) is 25.9. The minimum atomic E-state index is -2.95. The molecule has 0 unspecified atom stereocenters. The number of carbonyl (C=O) groups excluding carboxylic acids is 1. The average Bonchev–Trinajstić information content (AvgIpc) is 3.15. The van der Waals surface area contributed by atoms with Gasteiger partial charge in [0.2, 0.25) is 0 Å². The Bertz CT molecular complexity index is 1350. The number of anilines is 2. The molecule has 2 amide bonds. The van der Waals surface area contributed by atoms with Crippen LogP contribution in [0.5, 0.6) is 5.75 Å². The van der Waals surface area contributed by atoms with E-state index in [2.05, 4.69) is 31.7 Å². The van der Waals surface area contributed by atoms with Crippen molar-refractivity contribution in [3.63, 3.8) is 0 Å². The van der Waals surface area contributed by atoms with Gasteiger partial charge in [0.1, 0.15) is 24.0 Å². The number of carbonyl (C=O) groups is 1. The maximum Gasteiger partial charge on any atom is 0.323 e. The van der Waals surface area contributed by atoms with Crippen molar-refractivity contribution in [2.75, 3.05) is 48.4 Å². The third-order valence-corrected chi connectivity index (χ3v) is 7.86. The van der Waals surface area contributed by atoms with Crippen molar-refractivity contribution >= 4 is 43.2 Å². The summed E-state index contributed by atoms with van der Waals surface area (Å²) in [6, 6.07) is 7.20. The van der Waals surface area contributed by atoms with Crippen LogP contribution in [-0.2, 0) is 16.9 Å². The molecular weight excluding hydrogens is 560 g/mol. The van der Waals surface area contributed by atoms with E-state index in [0.29, 0.717) is 59.5 Å². The Kier molecular flexibility index (Phi) is 7.91. The lowest BCUT2D eigenvalue weighted by molar-refractivity contribution is 0.220. The number of rotatable bonds is 7. The highest BCUT2D eigenvalue weighted by molar-refractivity contribution is 9.10. The number of hydrogen-bond acceptors (Lipinski definition) is 6. The Balaban J connectivity index is 1.49. The van der Waals surface area contributed by atoms with Crippen LogP contribution in [0.15, 0.2) is 47.1 Å². The summed E-state index contributed by atoms with van der Waals surface area (Å²) in [5.74, 6) is -0.806. The van der Waals surface area contributed by atoms with Gasteiger partial charge in [0, 0.05) is 44.0 Å². The molecule has 2 N–H and O–H groups in total. The molecule has 0 atom stereocenters. The third kappa shape index (κ3) is 6.39. The molecule has 2 aromatic carbocycles. The van der Waals surface area contributed by atoms with Crippen LogP contribution in [-0.4, -0.2) is 66.9 Å². The SMILES string of the molecule is Cn1ncc(Br)c1-c1cc(NC(=O)Nc2ccc(F)cc2F)ccc1OCCN1CCS(=O)(=O)CC1. The predicted molar refractivity (Wildman–Crippen MR) is 136 cm³/mol. The molecule has 1 saturated heterocycles. The molecule has 0 spiro atoms. The number of hydrogen-bond donors (Lipinski definition) is 2. The summed E-state index contributed by atoms with van der Waals surface area (Å²) in [6.07, 6.45) is 1.64. The van der Waals surface area contributed by atoms with Gasteiger partial charge in [0.15, 0.2) is 9.84 Å². The molecule has 1 fully saturated rings. The van der Waals surface area contributed by atoms with Crippen molar-refractivity contribution in [2.45, 2.75) is 0 Å². The fourth-order valence-corrected chi connectivity index (χ4v) is 5.61. The molecule has 2 heterocycles. The fourth-order valence-electron chi connectivity index (χ4n) is 3.77. The Hall–Kier alpha value is -3.03. The highest BCUT2D eigenvalue weighted by atomic mass is 79.9. The number of ether oxygens (including phenoxy) is 1. The van der Waals surface area contributed by atoms with Crippen molar-refractivity contribution in [2.24, 2.45) is 7.05 Å². The van der Waals surface area contributed by atoms with Gasteiger partial charge in [0.05, 0.1) is 33.6 Å². The summed E-state index contributed by atoms with van der Waals surface area (Å²) in [4.78, 5) is 14.5. The third-order valence-electron chi connectivity index (χ3n) is 5.67. The summed E-state index contributed by atoms with van der Waals surface area (Å²) in [6.45, 7) is 1.84. The number of urea groups is 1. The standard InChI is InChI=1S/C23H24BrF2N5O4S/c1-30-22(18(24)14-27-30)17-13-16(28-23(32)29-20-4-2-15(25)12-19(20)26)3-5-21(17)35-9-6-31-7-10-36(33,34)11-8-31/h2-5,12-14H,6-11H2,1H3,(H2,28,29,32). The molecule has 1 aromatic heterocycles. The quantitative estimate of drug-likeness (QED) is 0.437. The smallest absolute Gasteiger partial charge is 0.323 e. The van der Waals surface area contributed by atoms with Gasteiger partial charge in [-0.15, -0.1) is 0 Å². The first-order valence-electron chi connectivity index (χ1n) is 11.0. The van der Waals surface area contributed by atoms with E-state index in [0.717, 1.165) is 12.1 Å². The lowest BCUT2D eigenvalue weighted by atomic mass is 10.1. The molecule has 0 aliphatic carbocycles. The van der Waals surface area contributed by atoms with Gasteiger partial charge in [0.25, 0.3) is 0 Å². The summed E-state index contributed by atoms with van der Waals surface area (Å²) < 4.78 is 58.7. The number of nitrogens with one attached hydrogen (secondary N) is 2. The molecule has 192 valence electrons. The highest BCUT2D eigenvalue weighted by Crippen LogP contribution is 2.36. The summed E-state index contributed by atoms with van der Waals surface area (Å²) in [5.41, 5.74) is 1.61. The number of nitrogens with zero attached hydrogens (tertiary/aromatic N) is 3. The summed E-state index contributed by atoms with van der Waals surface area (Å²) in [7, 11) is -1.19. The van der Waals surface area contributed by atoms with Gasteiger partial charge in [-0.2, -0.15) is 5.10 Å². The number of sulfone groups is 1. The van der Waals surface area contributed by atoms with E-state index in [9.17, 15) is 22.0 Å². The number of amides is 2. The van der Waals surface area contributed by atoms with Crippen LogP contribution in [0.2, 0.25) is 0 Å². The number of aryl methyl sites for hydroxylation is 1. The van der Waals surface area contributed by atoms with Crippen LogP contribution >= 0.6 is 15.9 Å². The minimum Gasteiger partial charge on any atom is -0.492 e. The van der Waals surface area contributed by atoms with Crippen LogP contribution in [0.1, 0.15) is 0 Å². The van der Waals surface area contributed by atoms with Crippen molar-refractivity contribution < 1.29 is 26.7 Å². The van der Waals surface area contributed by atoms with E-state index in [-0.39, 0.29) is 17.2 Å². The van der Waals surface area contributed by atoms with E-state index in [4.69, 9.17) is 4.74 Å². The van der Waals surface area contributed by atoms with Gasteiger partial charge in [-0.3, -0.25) is 9.58 Å². The molecule has 1 aliphatic rings. The molecule has 0 saturated carbocycles. The van der Waals surface area contributed by atoms with Gasteiger partial charge >= 0.3 is 6.03 Å². The first-order chi connectivity index (χ1) is 17.1. The zero-order valence-corrected chi connectivity index (χ0v) is 21.7. The van der Waals surface area contributed by atoms with Crippen LogP contribution in [0.4, 0.5) is 25.0 Å². The van der Waals surface area contributed by atoms with Crippen molar-refractivity contribution in [3.8, 4) is 17.0 Å². The Morgan fingerprint density at radius 2 is 1.89 bits per heavy atom. The first-order valence-corrected chi connectivity index (χ1v) is 13.6. The van der Waals surface area contributed by atoms with Gasteiger partial charge in [-0.05, 0) is 46.3 Å². The van der Waals surface area contributed by atoms with E-state index in [1.807, 2.05) is 4.90 Å². The highest BCUT2D eigenvalue weighted by Gasteiger charge is 2.22. The van der Waals surface area contributed by atoms with Crippen molar-refractivity contribution in [1.82, 2.24) is 14.7 Å². The second-order valence-electron chi connectivity index (χ2n) is 8.22. The molecule has 13 heteroatoms. The second kappa shape index (κ2) is 10.9. The molecular formula is C23H24BrF2N5O4S. The Morgan fingerprint density at radius 3 is 2.56 bits per heavy atom. The Morgan fingerprint density at radius 1 is 1.14 bits per heavy atom. The lowest BCUT2D eigenvalue weighted by Gasteiger charge is -2.26. The number of aromatic nitrogens is 2. The molecule has 0 radical (unpaired) electrons. The maximum atomic E-state index is 13.9. The summed E-state index contributed by atoms with van der Waals surface area (Å²) >= 11 is 3.49. The number of benzene rings is 2. The topological polar surface area (TPSA) is 106 Å². The maximum absolute atomic E-state index is 13.9. The molecule has 0 bridgehead atoms. The van der Waals surface area contributed by atoms with Crippen LogP contribution < -0.4 is 15.4 Å². The normalized spacial score (nSPS) is 15.4. The molecule has 3 aromatic rings. The molecule has 4 rings (SSSR count). The fraction of sp³-hybridized carbons (Fsp3) is 0.304. The van der Waals surface area contributed by atoms with Crippen molar-refractivity contribution in [1.29, 1.82) is 0 Å². The van der Waals surface area contributed by atoms with Crippen LogP contribution in [0.3, 0.4) is 0 Å². The molecule has 36 heavy (non-hydrogen) atoms. The van der Waals surface area contributed by atoms with Gasteiger partial charge < -0.3 is 15.4 Å². The minimum absolute atomic E-state index is 0.143. The Labute approximate surface area is 215 Å². The van der Waals surface area contributed by atoms with E-state index in [1.165, 1.54) is 0 Å². The number of halogens is 3. The van der Waals surface area contributed by atoms with E-state index < -0.39 is 27.5 Å². The van der Waals surface area contributed by atoms with Crippen LogP contribution in [0, 0.1) is 11.6 Å². The predicted octanol–water partition coefficient (Wildman–Crippen LogP) is 3.88. The van der Waals surface area contributed by atoms with Crippen molar-refractivity contribution in [3.05, 3.63) is 58.7 Å². The van der Waals surface area contributed by atoms with Gasteiger partial charge in [-0.25, -0.2) is 22.0 Å². The largest absolute Gasteiger partial charge is 0.492 e. The molecule has 9 nitrogen and oxygen atoms in total. The van der Waals surface area contributed by atoms with E-state index >= 15 is 0 Å². The summed E-state index contributed by atoms with van der Waals surface area (Å²) in [5, 5.41) is 9.24. The lowest BCUT2D eigenvalue weighted by Crippen LogP contribution is -2.42. The zero-order valence-electron chi connectivity index (χ0n) is 19.3. The monoisotopic (exact) mass is 583 g/mol. The van der Waals surface area contributed by atoms with Crippen LogP contribution in [0.25, 0.3) is 11.3 Å². The second-order valence-corrected chi connectivity index (χ2v) is 11.4. The first kappa shape index (κ1) is 26.0. The average molecular weight is 584 g/mol. The van der Waals surface area contributed by atoms with Gasteiger partial charge in [-0.1, -0.05) is 0 Å².